The van der Waals surface area contributed by atoms with Crippen LogP contribution in [0, 0.1) is 5.92 Å². The van der Waals surface area contributed by atoms with Crippen molar-refractivity contribution in [1.29, 1.82) is 0 Å². The third-order valence-corrected chi connectivity index (χ3v) is 3.84. The molecule has 1 aliphatic rings. The van der Waals surface area contributed by atoms with Crippen molar-refractivity contribution in [2.45, 2.75) is 25.0 Å². The second-order valence-corrected chi connectivity index (χ2v) is 5.08. The van der Waals surface area contributed by atoms with Crippen molar-refractivity contribution >= 4 is 10.1 Å². The number of hydrogen-bond donors (Lipinski definition) is 2. The number of hydrogen-bond acceptors (Lipinski definition) is 3. The van der Waals surface area contributed by atoms with Gasteiger partial charge in [0.15, 0.2) is 0 Å². The van der Waals surface area contributed by atoms with Crippen LogP contribution in [0.5, 0.6) is 0 Å². The highest BCUT2D eigenvalue weighted by Gasteiger charge is 2.28. The van der Waals surface area contributed by atoms with Gasteiger partial charge in [-0.05, 0) is 38.8 Å². The van der Waals surface area contributed by atoms with Crippen molar-refractivity contribution in [3.05, 3.63) is 0 Å². The van der Waals surface area contributed by atoms with Crippen LogP contribution in [-0.4, -0.2) is 31.3 Å². The molecule has 0 saturated carbocycles. The smallest absolute Gasteiger partial charge is 0.267 e. The summed E-state index contributed by atoms with van der Waals surface area (Å²) in [5.74, 6) is 0.112. The maximum atomic E-state index is 10.8. The Morgan fingerprint density at radius 3 is 2.33 bits per heavy atom. The predicted molar refractivity (Wildman–Crippen MR) is 46.6 cm³/mol. The van der Waals surface area contributed by atoms with Crippen molar-refractivity contribution < 1.29 is 13.0 Å². The Hall–Kier alpha value is -0.130. The fraction of sp³-hybridized carbons (Fsp3) is 1.00. The van der Waals surface area contributed by atoms with E-state index in [2.05, 4.69) is 5.32 Å². The average molecular weight is 193 g/mol. The van der Waals surface area contributed by atoms with E-state index in [1.165, 1.54) is 0 Å². The Labute approximate surface area is 73.1 Å². The van der Waals surface area contributed by atoms with Gasteiger partial charge in [0.2, 0.25) is 0 Å². The van der Waals surface area contributed by atoms with E-state index in [-0.39, 0.29) is 5.92 Å². The minimum Gasteiger partial charge on any atom is -0.317 e. The van der Waals surface area contributed by atoms with Gasteiger partial charge < -0.3 is 5.32 Å². The molecule has 12 heavy (non-hydrogen) atoms. The highest BCUT2D eigenvalue weighted by molar-refractivity contribution is 7.86. The third kappa shape index (κ3) is 2.43. The molecule has 1 rings (SSSR count). The zero-order valence-electron chi connectivity index (χ0n) is 7.16. The Morgan fingerprint density at radius 1 is 1.42 bits per heavy atom. The maximum absolute atomic E-state index is 10.8. The molecule has 0 bridgehead atoms. The average Bonchev–Trinajstić information content (AvgIpc) is 2.03. The summed E-state index contributed by atoms with van der Waals surface area (Å²) in [5.41, 5.74) is 0. The molecule has 1 aliphatic heterocycles. The van der Waals surface area contributed by atoms with Crippen LogP contribution in [0.2, 0.25) is 0 Å². The van der Waals surface area contributed by atoms with E-state index in [1.807, 2.05) is 0 Å². The Morgan fingerprint density at radius 2 is 1.92 bits per heavy atom. The first kappa shape index (κ1) is 9.95. The first-order valence-corrected chi connectivity index (χ1v) is 5.69. The minimum atomic E-state index is -3.83. The fourth-order valence-corrected chi connectivity index (χ4v) is 2.32. The van der Waals surface area contributed by atoms with E-state index >= 15 is 0 Å². The molecule has 4 nitrogen and oxygen atoms in total. The molecule has 72 valence electrons. The standard InChI is InChI=1S/C7H15NO3S/c1-6(12(9,10)11)7-2-4-8-5-3-7/h6-8H,2-5H2,1H3,(H,9,10,11). The van der Waals surface area contributed by atoms with Crippen molar-refractivity contribution in [2.75, 3.05) is 13.1 Å². The molecule has 1 heterocycles. The Kier molecular flexibility index (Phi) is 3.09. The fourth-order valence-electron chi connectivity index (χ4n) is 1.56. The molecule has 0 aliphatic carbocycles. The van der Waals surface area contributed by atoms with Crippen molar-refractivity contribution in [3.63, 3.8) is 0 Å². The van der Waals surface area contributed by atoms with Crippen molar-refractivity contribution in [1.82, 2.24) is 5.32 Å². The highest BCUT2D eigenvalue weighted by Crippen LogP contribution is 2.20. The summed E-state index contributed by atoms with van der Waals surface area (Å²) >= 11 is 0. The van der Waals surface area contributed by atoms with Crippen molar-refractivity contribution in [2.24, 2.45) is 5.92 Å². The molecular weight excluding hydrogens is 178 g/mol. The zero-order valence-corrected chi connectivity index (χ0v) is 7.97. The van der Waals surface area contributed by atoms with Crippen LogP contribution in [0.4, 0.5) is 0 Å². The van der Waals surface area contributed by atoms with Crippen molar-refractivity contribution in [3.8, 4) is 0 Å². The van der Waals surface area contributed by atoms with Gasteiger partial charge in [0.1, 0.15) is 0 Å². The maximum Gasteiger partial charge on any atom is 0.267 e. The van der Waals surface area contributed by atoms with Gasteiger partial charge in [-0.25, -0.2) is 0 Å². The van der Waals surface area contributed by atoms with Crippen LogP contribution in [-0.2, 0) is 10.1 Å². The summed E-state index contributed by atoms with van der Waals surface area (Å²) in [6, 6.07) is 0. The summed E-state index contributed by atoms with van der Waals surface area (Å²) in [6.45, 7) is 3.28. The van der Waals surface area contributed by atoms with E-state index in [1.54, 1.807) is 6.92 Å². The summed E-state index contributed by atoms with van der Waals surface area (Å²) in [4.78, 5) is 0. The van der Waals surface area contributed by atoms with Gasteiger partial charge in [-0.2, -0.15) is 8.42 Å². The Balaban J connectivity index is 2.57. The van der Waals surface area contributed by atoms with E-state index < -0.39 is 15.4 Å². The van der Waals surface area contributed by atoms with Crippen LogP contribution in [0.15, 0.2) is 0 Å². The van der Waals surface area contributed by atoms with Gasteiger partial charge in [-0.3, -0.25) is 4.55 Å². The van der Waals surface area contributed by atoms with Gasteiger partial charge in [0, 0.05) is 0 Å². The molecule has 0 aromatic rings. The lowest BCUT2D eigenvalue weighted by atomic mass is 9.95. The topological polar surface area (TPSA) is 66.4 Å². The van der Waals surface area contributed by atoms with Gasteiger partial charge in [-0.1, -0.05) is 0 Å². The lowest BCUT2D eigenvalue weighted by Gasteiger charge is -2.26. The molecule has 1 saturated heterocycles. The lowest BCUT2D eigenvalue weighted by Crippen LogP contribution is -2.36. The summed E-state index contributed by atoms with van der Waals surface area (Å²) in [7, 11) is -3.83. The van der Waals surface area contributed by atoms with E-state index in [9.17, 15) is 8.42 Å². The second kappa shape index (κ2) is 3.72. The number of nitrogens with one attached hydrogen (secondary N) is 1. The third-order valence-electron chi connectivity index (χ3n) is 2.52. The number of rotatable bonds is 2. The van der Waals surface area contributed by atoms with E-state index in [0.29, 0.717) is 0 Å². The van der Waals surface area contributed by atoms with Gasteiger partial charge in [0.25, 0.3) is 10.1 Å². The molecule has 0 radical (unpaired) electrons. The summed E-state index contributed by atoms with van der Waals surface area (Å²) in [5, 5.41) is 2.53. The van der Waals surface area contributed by atoms with Gasteiger partial charge in [-0.15, -0.1) is 0 Å². The minimum absolute atomic E-state index is 0.112. The van der Waals surface area contributed by atoms with Crippen LogP contribution in [0.1, 0.15) is 19.8 Å². The molecule has 0 aromatic carbocycles. The predicted octanol–water partition coefficient (Wildman–Crippen LogP) is 0.262. The van der Waals surface area contributed by atoms with E-state index in [4.69, 9.17) is 4.55 Å². The van der Waals surface area contributed by atoms with Gasteiger partial charge in [0.05, 0.1) is 5.25 Å². The SMILES string of the molecule is CC(C1CCNCC1)S(=O)(=O)O. The molecule has 1 atom stereocenters. The van der Waals surface area contributed by atoms with Crippen LogP contribution >= 0.6 is 0 Å². The molecule has 5 heteroatoms. The molecule has 0 aromatic heterocycles. The molecule has 2 N–H and O–H groups in total. The second-order valence-electron chi connectivity index (χ2n) is 3.31. The molecular formula is C7H15NO3S. The highest BCUT2D eigenvalue weighted by atomic mass is 32.2. The normalized spacial score (nSPS) is 23.8. The molecule has 1 fully saturated rings. The molecule has 0 spiro atoms. The summed E-state index contributed by atoms with van der Waals surface area (Å²) in [6.07, 6.45) is 1.67. The van der Waals surface area contributed by atoms with Gasteiger partial charge >= 0.3 is 0 Å². The molecule has 0 amide bonds. The molecule has 1 unspecified atom stereocenters. The number of piperidine rings is 1. The summed E-state index contributed by atoms with van der Waals surface area (Å²) < 4.78 is 30.3. The lowest BCUT2D eigenvalue weighted by molar-refractivity contribution is 0.348. The first-order valence-electron chi connectivity index (χ1n) is 4.19. The zero-order chi connectivity index (χ0) is 9.19. The van der Waals surface area contributed by atoms with Crippen LogP contribution in [0.3, 0.4) is 0 Å². The first-order chi connectivity index (χ1) is 5.52. The van der Waals surface area contributed by atoms with Crippen LogP contribution in [0.25, 0.3) is 0 Å². The monoisotopic (exact) mass is 193 g/mol. The quantitative estimate of drug-likeness (QED) is 0.617. The van der Waals surface area contributed by atoms with Crippen LogP contribution < -0.4 is 5.32 Å². The Bertz CT molecular complexity index is 231. The largest absolute Gasteiger partial charge is 0.317 e. The van der Waals surface area contributed by atoms with E-state index in [0.717, 1.165) is 25.9 Å².